The van der Waals surface area contributed by atoms with E-state index in [0.29, 0.717) is 26.1 Å². The van der Waals surface area contributed by atoms with Gasteiger partial charge in [-0.2, -0.15) is 5.26 Å². The second kappa shape index (κ2) is 10.1. The van der Waals surface area contributed by atoms with E-state index in [1.165, 1.54) is 11.3 Å². The highest BCUT2D eigenvalue weighted by Crippen LogP contribution is 2.38. The summed E-state index contributed by atoms with van der Waals surface area (Å²) in [6, 6.07) is 8.35. The van der Waals surface area contributed by atoms with E-state index in [0.717, 1.165) is 68.1 Å². The first kappa shape index (κ1) is 24.6. The van der Waals surface area contributed by atoms with Gasteiger partial charge in [-0.3, -0.25) is 9.59 Å². The maximum Gasteiger partial charge on any atom is 0.226 e. The van der Waals surface area contributed by atoms with Crippen molar-refractivity contribution in [2.75, 3.05) is 33.8 Å². The molecule has 36 heavy (non-hydrogen) atoms. The number of para-hydroxylation sites is 1. The van der Waals surface area contributed by atoms with Crippen LogP contribution >= 0.6 is 0 Å². The minimum absolute atomic E-state index is 0.0433. The average Bonchev–Trinajstić information content (AvgIpc) is 3.54. The molecule has 0 bridgehead atoms. The third-order valence-electron chi connectivity index (χ3n) is 8.10. The zero-order chi connectivity index (χ0) is 25.3. The van der Waals surface area contributed by atoms with Gasteiger partial charge in [-0.05, 0) is 51.8 Å². The molecule has 0 saturated heterocycles. The number of fused-ring (bicyclic) bond motifs is 3. The van der Waals surface area contributed by atoms with Gasteiger partial charge in [0, 0.05) is 55.0 Å². The third-order valence-corrected chi connectivity index (χ3v) is 8.10. The van der Waals surface area contributed by atoms with Gasteiger partial charge >= 0.3 is 0 Å². The summed E-state index contributed by atoms with van der Waals surface area (Å²) < 4.78 is 6.06. The Kier molecular flexibility index (Phi) is 6.94. The van der Waals surface area contributed by atoms with Crippen molar-refractivity contribution in [2.24, 2.45) is 11.8 Å². The van der Waals surface area contributed by atoms with Crippen LogP contribution in [0.4, 0.5) is 0 Å². The Bertz CT molecular complexity index is 1180. The molecule has 1 aromatic heterocycles. The molecule has 3 aliphatic rings. The van der Waals surface area contributed by atoms with Crippen molar-refractivity contribution >= 4 is 22.7 Å². The summed E-state index contributed by atoms with van der Waals surface area (Å²) in [5.41, 5.74) is 2.72. The summed E-state index contributed by atoms with van der Waals surface area (Å²) in [4.78, 5) is 34.1. The van der Waals surface area contributed by atoms with Gasteiger partial charge in [0.25, 0.3) is 0 Å². The minimum atomic E-state index is -0.654. The third kappa shape index (κ3) is 5.08. The molecular weight excluding hydrogens is 454 g/mol. The standard InChI is InChI=1S/C28H37N5O3/c1-32(2)14-15-36-24-9-5-8-21-22-17-33(13-10-23(22)30-26(21)24)27(35)20-7-4-3-6-19(20)16-25(34)31-28(18-29)11-12-28/h5,8-9,19-20,30H,3-4,6-7,10-17H2,1-2H3,(H,31,34)/t19-,20-/m1/s1. The maximum atomic E-state index is 13.7. The van der Waals surface area contributed by atoms with Crippen LogP contribution in [0.25, 0.3) is 10.9 Å². The number of likely N-dealkylation sites (N-methyl/N-ethyl adjacent to an activating group) is 1. The van der Waals surface area contributed by atoms with Crippen molar-refractivity contribution in [3.63, 3.8) is 0 Å². The van der Waals surface area contributed by atoms with Crippen LogP contribution < -0.4 is 10.1 Å². The molecule has 2 aromatic rings. The van der Waals surface area contributed by atoms with Gasteiger partial charge < -0.3 is 24.8 Å². The number of aromatic nitrogens is 1. The van der Waals surface area contributed by atoms with Crippen molar-refractivity contribution < 1.29 is 14.3 Å². The number of nitriles is 1. The van der Waals surface area contributed by atoms with E-state index in [1.807, 2.05) is 31.1 Å². The Morgan fingerprint density at radius 1 is 1.28 bits per heavy atom. The number of hydrogen-bond donors (Lipinski definition) is 2. The monoisotopic (exact) mass is 491 g/mol. The second-order valence-corrected chi connectivity index (χ2v) is 11.0. The molecule has 2 saturated carbocycles. The van der Waals surface area contributed by atoms with Crippen LogP contribution in [0.1, 0.15) is 56.2 Å². The van der Waals surface area contributed by atoms with Gasteiger partial charge in [-0.25, -0.2) is 0 Å². The van der Waals surface area contributed by atoms with Crippen molar-refractivity contribution in [3.05, 3.63) is 29.5 Å². The van der Waals surface area contributed by atoms with Crippen molar-refractivity contribution in [1.29, 1.82) is 5.26 Å². The minimum Gasteiger partial charge on any atom is -0.490 e. The molecule has 0 radical (unpaired) electrons. The van der Waals surface area contributed by atoms with Crippen LogP contribution in [-0.2, 0) is 22.6 Å². The number of nitrogens with zero attached hydrogens (tertiary/aromatic N) is 3. The summed E-state index contributed by atoms with van der Waals surface area (Å²) in [5, 5.41) is 13.3. The molecule has 0 unspecified atom stereocenters. The molecule has 192 valence electrons. The summed E-state index contributed by atoms with van der Waals surface area (Å²) in [5.74, 6) is 0.858. The van der Waals surface area contributed by atoms with Gasteiger partial charge in [-0.15, -0.1) is 0 Å². The van der Waals surface area contributed by atoms with Gasteiger partial charge in [0.05, 0.1) is 11.6 Å². The Morgan fingerprint density at radius 2 is 2.08 bits per heavy atom. The van der Waals surface area contributed by atoms with E-state index in [-0.39, 0.29) is 23.7 Å². The average molecular weight is 492 g/mol. The van der Waals surface area contributed by atoms with Crippen molar-refractivity contribution in [2.45, 2.75) is 63.5 Å². The van der Waals surface area contributed by atoms with Crippen LogP contribution in [0.15, 0.2) is 18.2 Å². The number of ether oxygens (including phenoxy) is 1. The first-order valence-corrected chi connectivity index (χ1v) is 13.3. The van der Waals surface area contributed by atoms with E-state index in [4.69, 9.17) is 4.74 Å². The Labute approximate surface area is 213 Å². The SMILES string of the molecule is CN(C)CCOc1cccc2c3c([nH]c12)CCN(C(=O)[C@@H]1CCCC[C@@H]1CC(=O)NC1(C#N)CC1)C3. The number of nitrogens with one attached hydrogen (secondary N) is 2. The number of carbonyl (C=O) groups is 2. The molecule has 2 amide bonds. The van der Waals surface area contributed by atoms with Crippen LogP contribution in [0.5, 0.6) is 5.75 Å². The first-order valence-electron chi connectivity index (χ1n) is 13.3. The van der Waals surface area contributed by atoms with Crippen LogP contribution in [0, 0.1) is 23.2 Å². The lowest BCUT2D eigenvalue weighted by Gasteiger charge is -2.36. The van der Waals surface area contributed by atoms with E-state index in [2.05, 4.69) is 27.3 Å². The molecule has 2 heterocycles. The fraction of sp³-hybridized carbons (Fsp3) is 0.607. The number of carbonyl (C=O) groups excluding carboxylic acids is 2. The molecule has 1 aliphatic heterocycles. The predicted octanol–water partition coefficient (Wildman–Crippen LogP) is 3.36. The summed E-state index contributed by atoms with van der Waals surface area (Å²) in [6.07, 6.45) is 6.38. The molecule has 8 heteroatoms. The van der Waals surface area contributed by atoms with E-state index in [9.17, 15) is 14.9 Å². The Hall–Kier alpha value is -3.05. The number of hydrogen-bond acceptors (Lipinski definition) is 5. The predicted molar refractivity (Wildman–Crippen MR) is 137 cm³/mol. The fourth-order valence-electron chi connectivity index (χ4n) is 5.82. The molecule has 5 rings (SSSR count). The molecule has 8 nitrogen and oxygen atoms in total. The largest absolute Gasteiger partial charge is 0.490 e. The van der Waals surface area contributed by atoms with E-state index in [1.54, 1.807) is 0 Å². The zero-order valence-electron chi connectivity index (χ0n) is 21.4. The number of H-pyrrole nitrogens is 1. The van der Waals surface area contributed by atoms with Gasteiger partial charge in [-0.1, -0.05) is 25.0 Å². The summed E-state index contributed by atoms with van der Waals surface area (Å²) in [6.45, 7) is 2.73. The van der Waals surface area contributed by atoms with Crippen LogP contribution in [0.2, 0.25) is 0 Å². The molecule has 2 aliphatic carbocycles. The molecule has 0 spiro atoms. The lowest BCUT2D eigenvalue weighted by atomic mass is 9.76. The van der Waals surface area contributed by atoms with Crippen molar-refractivity contribution in [3.8, 4) is 11.8 Å². The highest BCUT2D eigenvalue weighted by atomic mass is 16.5. The molecular formula is C28H37N5O3. The lowest BCUT2D eigenvalue weighted by molar-refractivity contribution is -0.140. The number of rotatable bonds is 8. The summed E-state index contributed by atoms with van der Waals surface area (Å²) >= 11 is 0. The maximum absolute atomic E-state index is 13.7. The Morgan fingerprint density at radius 3 is 2.83 bits per heavy atom. The van der Waals surface area contributed by atoms with Gasteiger partial charge in [0.1, 0.15) is 17.9 Å². The van der Waals surface area contributed by atoms with Crippen molar-refractivity contribution in [1.82, 2.24) is 20.1 Å². The van der Waals surface area contributed by atoms with E-state index >= 15 is 0 Å². The number of benzene rings is 1. The van der Waals surface area contributed by atoms with Crippen LogP contribution in [0.3, 0.4) is 0 Å². The quantitative estimate of drug-likeness (QED) is 0.590. The van der Waals surface area contributed by atoms with Gasteiger partial charge in [0.2, 0.25) is 11.8 Å². The topological polar surface area (TPSA) is 101 Å². The smallest absolute Gasteiger partial charge is 0.226 e. The van der Waals surface area contributed by atoms with Crippen LogP contribution in [-0.4, -0.2) is 65.9 Å². The highest BCUT2D eigenvalue weighted by Gasteiger charge is 2.45. The zero-order valence-corrected chi connectivity index (χ0v) is 21.4. The Balaban J connectivity index is 1.28. The lowest BCUT2D eigenvalue weighted by Crippen LogP contribution is -2.44. The molecule has 2 atom stereocenters. The summed E-state index contributed by atoms with van der Waals surface area (Å²) in [7, 11) is 4.06. The molecule has 2 fully saturated rings. The van der Waals surface area contributed by atoms with Gasteiger partial charge in [0.15, 0.2) is 0 Å². The second-order valence-electron chi connectivity index (χ2n) is 11.0. The fourth-order valence-corrected chi connectivity index (χ4v) is 5.82. The normalized spacial score (nSPS) is 22.7. The number of amides is 2. The first-order chi connectivity index (χ1) is 17.4. The molecule has 1 aromatic carbocycles. The number of aromatic amines is 1. The molecule has 2 N–H and O–H groups in total. The highest BCUT2D eigenvalue weighted by molar-refractivity contribution is 5.90. The van der Waals surface area contributed by atoms with E-state index < -0.39 is 5.54 Å².